The summed E-state index contributed by atoms with van der Waals surface area (Å²) in [6.45, 7) is 1.15. The van der Waals surface area contributed by atoms with E-state index in [0.717, 1.165) is 24.3 Å². The predicted octanol–water partition coefficient (Wildman–Crippen LogP) is 5.57. The zero-order chi connectivity index (χ0) is 27.8. The van der Waals surface area contributed by atoms with E-state index in [-0.39, 0.29) is 5.75 Å². The summed E-state index contributed by atoms with van der Waals surface area (Å²) in [5.74, 6) is -7.18. The molecule has 1 heterocycles. The first-order valence-corrected chi connectivity index (χ1v) is 10.8. The summed E-state index contributed by atoms with van der Waals surface area (Å²) < 4.78 is 117. The van der Waals surface area contributed by atoms with Crippen LogP contribution < -0.4 is 10.1 Å². The number of hydrogen-bond donors (Lipinski definition) is 3. The number of carboxylic acids is 1. The van der Waals surface area contributed by atoms with E-state index in [1.54, 1.807) is 6.92 Å². The molecule has 0 radical (unpaired) electrons. The fraction of sp³-hybridized carbons (Fsp3) is 0.375. The summed E-state index contributed by atoms with van der Waals surface area (Å²) >= 11 is 0. The lowest BCUT2D eigenvalue weighted by atomic mass is 9.72. The van der Waals surface area contributed by atoms with Gasteiger partial charge in [0.15, 0.2) is 0 Å². The normalized spacial score (nSPS) is 22.2. The van der Waals surface area contributed by atoms with Gasteiger partial charge in [-0.05, 0) is 36.6 Å². The maximum absolute atomic E-state index is 16.0. The van der Waals surface area contributed by atoms with Gasteiger partial charge in [-0.15, -0.1) is 0 Å². The van der Waals surface area contributed by atoms with Gasteiger partial charge < -0.3 is 14.9 Å². The highest BCUT2D eigenvalue weighted by Gasteiger charge is 2.75. The van der Waals surface area contributed by atoms with Crippen LogP contribution in [0.4, 0.5) is 35.1 Å². The Morgan fingerprint density at radius 3 is 2.05 bits per heavy atom. The Morgan fingerprint density at radius 2 is 1.57 bits per heavy atom. The molecule has 0 saturated heterocycles. The number of rotatable bonds is 7. The Balaban J connectivity index is 2.10. The van der Waals surface area contributed by atoms with Crippen LogP contribution in [-0.4, -0.2) is 47.3 Å². The molecule has 0 bridgehead atoms. The number of aliphatic hydroxyl groups excluding tert-OH is 1. The quantitative estimate of drug-likeness (QED) is 0.317. The molecule has 0 aromatic heterocycles. The number of nitrogens with one attached hydrogen (secondary N) is 1. The fourth-order valence-electron chi connectivity index (χ4n) is 4.09. The standard InChI is InChI=1S/C24H21F8NO4/c1-13-3-5-14(6-4-13)18-17(20(35)36)19(34)33-22(23(18,28)29,24(30,31)32)15-7-9-16(10-8-15)37-12-2-11-21(25,26)27/h3-10,19,33-34H,2,11-12H2,1H3,(H,35,36). The lowest BCUT2D eigenvalue weighted by Crippen LogP contribution is -2.70. The van der Waals surface area contributed by atoms with E-state index in [0.29, 0.717) is 17.7 Å². The third-order valence-electron chi connectivity index (χ3n) is 5.84. The van der Waals surface area contributed by atoms with Crippen LogP contribution in [0, 0.1) is 6.92 Å². The van der Waals surface area contributed by atoms with E-state index in [4.69, 9.17) is 4.74 Å². The average molecular weight is 539 g/mol. The summed E-state index contributed by atoms with van der Waals surface area (Å²) in [6, 6.07) is 7.62. The van der Waals surface area contributed by atoms with Gasteiger partial charge in [0, 0.05) is 12.0 Å². The molecule has 0 aliphatic carbocycles. The molecule has 1 aliphatic heterocycles. The highest BCUT2D eigenvalue weighted by Crippen LogP contribution is 2.58. The number of ether oxygens (including phenoxy) is 1. The number of benzene rings is 2. The van der Waals surface area contributed by atoms with Gasteiger partial charge in [0.1, 0.15) is 12.0 Å². The second-order valence-corrected chi connectivity index (χ2v) is 8.42. The topological polar surface area (TPSA) is 78.8 Å². The van der Waals surface area contributed by atoms with Gasteiger partial charge in [0.2, 0.25) is 5.54 Å². The second-order valence-electron chi connectivity index (χ2n) is 8.42. The van der Waals surface area contributed by atoms with Crippen LogP contribution in [-0.2, 0) is 10.3 Å². The zero-order valence-corrected chi connectivity index (χ0v) is 19.1. The number of aliphatic hydroxyl groups is 1. The maximum Gasteiger partial charge on any atom is 0.417 e. The van der Waals surface area contributed by atoms with E-state index in [1.165, 1.54) is 17.4 Å². The smallest absolute Gasteiger partial charge is 0.417 e. The molecule has 3 N–H and O–H groups in total. The Morgan fingerprint density at radius 1 is 1.00 bits per heavy atom. The van der Waals surface area contributed by atoms with Crippen LogP contribution in [0.3, 0.4) is 0 Å². The minimum Gasteiger partial charge on any atom is -0.494 e. The van der Waals surface area contributed by atoms with Gasteiger partial charge in [-0.1, -0.05) is 42.0 Å². The molecular weight excluding hydrogens is 518 g/mol. The van der Waals surface area contributed by atoms with Crippen molar-refractivity contribution < 1.29 is 54.9 Å². The van der Waals surface area contributed by atoms with Gasteiger partial charge in [-0.3, -0.25) is 5.32 Å². The van der Waals surface area contributed by atoms with Crippen LogP contribution in [0.25, 0.3) is 5.57 Å². The van der Waals surface area contributed by atoms with Gasteiger partial charge >= 0.3 is 24.2 Å². The minimum absolute atomic E-state index is 0.177. The lowest BCUT2D eigenvalue weighted by Gasteiger charge is -2.48. The third-order valence-corrected chi connectivity index (χ3v) is 5.84. The predicted molar refractivity (Wildman–Crippen MR) is 115 cm³/mol. The molecule has 0 amide bonds. The Kier molecular flexibility index (Phi) is 7.62. The highest BCUT2D eigenvalue weighted by atomic mass is 19.4. The number of carbonyl (C=O) groups is 1. The molecule has 0 spiro atoms. The number of carboxylic acid groups (broad SMARTS) is 1. The lowest BCUT2D eigenvalue weighted by molar-refractivity contribution is -0.266. The number of hydrogen-bond acceptors (Lipinski definition) is 4. The van der Waals surface area contributed by atoms with Crippen LogP contribution >= 0.6 is 0 Å². The monoisotopic (exact) mass is 539 g/mol. The summed E-state index contributed by atoms with van der Waals surface area (Å²) in [4.78, 5) is 11.8. The molecule has 5 nitrogen and oxygen atoms in total. The van der Waals surface area contributed by atoms with Crippen molar-refractivity contribution in [1.29, 1.82) is 0 Å². The van der Waals surface area contributed by atoms with Crippen LogP contribution in [0.1, 0.15) is 29.5 Å². The SMILES string of the molecule is Cc1ccc(C2=C(C(=O)O)C(O)NC(c3ccc(OCCCC(F)(F)F)cc3)(C(F)(F)F)C2(F)F)cc1. The Hall–Kier alpha value is -3.19. The van der Waals surface area contributed by atoms with Crippen LogP contribution in [0.2, 0.25) is 0 Å². The van der Waals surface area contributed by atoms with Crippen molar-refractivity contribution in [2.24, 2.45) is 0 Å². The van der Waals surface area contributed by atoms with Crippen molar-refractivity contribution in [1.82, 2.24) is 5.32 Å². The largest absolute Gasteiger partial charge is 0.494 e. The van der Waals surface area contributed by atoms with Crippen molar-refractivity contribution in [3.05, 3.63) is 70.8 Å². The van der Waals surface area contributed by atoms with Gasteiger partial charge in [-0.2, -0.15) is 35.1 Å². The molecule has 0 saturated carbocycles. The van der Waals surface area contributed by atoms with E-state index >= 15 is 8.78 Å². The van der Waals surface area contributed by atoms with Crippen molar-refractivity contribution in [3.63, 3.8) is 0 Å². The first kappa shape index (κ1) is 28.4. The van der Waals surface area contributed by atoms with E-state index < -0.39 is 77.7 Å². The number of aryl methyl sites for hydroxylation is 1. The van der Waals surface area contributed by atoms with Gasteiger partial charge in [-0.25, -0.2) is 4.79 Å². The maximum atomic E-state index is 16.0. The minimum atomic E-state index is -5.77. The fourth-order valence-corrected chi connectivity index (χ4v) is 4.09. The molecule has 2 unspecified atom stereocenters. The number of halogens is 8. The highest BCUT2D eigenvalue weighted by molar-refractivity contribution is 6.00. The molecule has 2 aromatic rings. The average Bonchev–Trinajstić information content (AvgIpc) is 2.77. The second kappa shape index (κ2) is 9.93. The van der Waals surface area contributed by atoms with Gasteiger partial charge in [0.05, 0.1) is 12.2 Å². The van der Waals surface area contributed by atoms with E-state index in [1.807, 2.05) is 0 Å². The van der Waals surface area contributed by atoms with Crippen molar-refractivity contribution in [3.8, 4) is 5.75 Å². The van der Waals surface area contributed by atoms with Crippen LogP contribution in [0.15, 0.2) is 54.1 Å². The Labute approximate surface area is 205 Å². The van der Waals surface area contributed by atoms with Crippen molar-refractivity contribution >= 4 is 11.5 Å². The third kappa shape index (κ3) is 5.42. The summed E-state index contributed by atoms with van der Waals surface area (Å²) in [5, 5.41) is 21.3. The molecular formula is C24H21F8NO4. The summed E-state index contributed by atoms with van der Waals surface area (Å²) in [6.07, 6.45) is -14.4. The van der Waals surface area contributed by atoms with Gasteiger partial charge in [0.25, 0.3) is 0 Å². The first-order valence-electron chi connectivity index (χ1n) is 10.8. The molecule has 37 heavy (non-hydrogen) atoms. The molecule has 2 aromatic carbocycles. The summed E-state index contributed by atoms with van der Waals surface area (Å²) in [5.41, 5.74) is -8.19. The van der Waals surface area contributed by atoms with Crippen molar-refractivity contribution in [2.75, 3.05) is 6.61 Å². The number of alkyl halides is 8. The molecule has 3 rings (SSSR count). The van der Waals surface area contributed by atoms with Crippen LogP contribution in [0.5, 0.6) is 5.75 Å². The zero-order valence-electron chi connectivity index (χ0n) is 19.1. The van der Waals surface area contributed by atoms with Crippen molar-refractivity contribution in [2.45, 2.75) is 49.8 Å². The van der Waals surface area contributed by atoms with E-state index in [2.05, 4.69) is 0 Å². The molecule has 202 valence electrons. The first-order chi connectivity index (χ1) is 17.0. The number of aliphatic carboxylic acids is 1. The Bertz CT molecular complexity index is 1160. The summed E-state index contributed by atoms with van der Waals surface area (Å²) in [7, 11) is 0. The van der Waals surface area contributed by atoms with E-state index in [9.17, 15) is 41.4 Å². The molecule has 13 heteroatoms. The molecule has 2 atom stereocenters. The molecule has 0 fully saturated rings. The molecule has 1 aliphatic rings.